The molecule has 0 aromatic heterocycles. The number of thiol groups is 1. The second-order valence-corrected chi connectivity index (χ2v) is 12.6. The molecule has 4 aliphatic rings. The maximum atomic E-state index is 12.3. The van der Waals surface area contributed by atoms with E-state index in [-0.39, 0.29) is 5.97 Å². The Bertz CT molecular complexity index is 794. The Morgan fingerprint density at radius 3 is 2.69 bits per heavy atom. The number of carbonyl (C=O) groups excluding carboxylic acids is 1. The molecule has 1 aromatic carbocycles. The predicted octanol–water partition coefficient (Wildman–Crippen LogP) is 7.61. The van der Waals surface area contributed by atoms with Crippen LogP contribution in [0.25, 0.3) is 0 Å². The SMILES string of the molecule is CC12CCC3C(CCC4CCCCC43S)C1CCC2CCCC(=O)OCc1ccccc1. The standard InChI is InChI=1S/C29H42O2S/c1-28-19-17-26-24(15-13-23-10-5-6-18-29(23,26)32)25(28)16-14-22(28)11-7-12-27(30)31-20-21-8-3-2-4-9-21/h2-4,8-9,22-26,32H,5-7,10-20H2,1H3. The Balaban J connectivity index is 1.14. The van der Waals surface area contributed by atoms with Gasteiger partial charge in [-0.2, -0.15) is 12.6 Å². The summed E-state index contributed by atoms with van der Waals surface area (Å²) in [6.07, 6.45) is 16.8. The second kappa shape index (κ2) is 9.35. The van der Waals surface area contributed by atoms with Crippen molar-refractivity contribution in [1.29, 1.82) is 0 Å². The molecule has 176 valence electrons. The van der Waals surface area contributed by atoms with Crippen molar-refractivity contribution < 1.29 is 9.53 Å². The molecule has 0 radical (unpaired) electrons. The van der Waals surface area contributed by atoms with Crippen LogP contribution in [0.3, 0.4) is 0 Å². The summed E-state index contributed by atoms with van der Waals surface area (Å²) in [6.45, 7) is 3.01. The lowest BCUT2D eigenvalue weighted by atomic mass is 9.49. The molecular formula is C29H42O2S. The third kappa shape index (κ3) is 4.17. The average Bonchev–Trinajstić information content (AvgIpc) is 3.14. The highest BCUT2D eigenvalue weighted by molar-refractivity contribution is 7.81. The molecule has 7 unspecified atom stereocenters. The van der Waals surface area contributed by atoms with Crippen LogP contribution >= 0.6 is 12.6 Å². The average molecular weight is 455 g/mol. The first kappa shape index (κ1) is 22.8. The van der Waals surface area contributed by atoms with Crippen molar-refractivity contribution in [2.24, 2.45) is 35.0 Å². The Kier molecular flexibility index (Phi) is 6.67. The van der Waals surface area contributed by atoms with Gasteiger partial charge in [0.1, 0.15) is 6.61 Å². The van der Waals surface area contributed by atoms with Crippen LogP contribution in [0.2, 0.25) is 0 Å². The first-order valence-electron chi connectivity index (χ1n) is 13.4. The van der Waals surface area contributed by atoms with Gasteiger partial charge in [-0.15, -0.1) is 0 Å². The van der Waals surface area contributed by atoms with Gasteiger partial charge in [-0.3, -0.25) is 4.79 Å². The van der Waals surface area contributed by atoms with Crippen LogP contribution in [-0.4, -0.2) is 10.7 Å². The molecular weight excluding hydrogens is 412 g/mol. The van der Waals surface area contributed by atoms with Gasteiger partial charge in [-0.25, -0.2) is 0 Å². The monoisotopic (exact) mass is 454 g/mol. The van der Waals surface area contributed by atoms with Crippen LogP contribution in [0.15, 0.2) is 30.3 Å². The third-order valence-corrected chi connectivity index (χ3v) is 11.3. The number of hydrogen-bond acceptors (Lipinski definition) is 3. The van der Waals surface area contributed by atoms with Gasteiger partial charge in [0, 0.05) is 11.2 Å². The molecule has 0 bridgehead atoms. The van der Waals surface area contributed by atoms with E-state index >= 15 is 0 Å². The van der Waals surface area contributed by atoms with Crippen LogP contribution in [0, 0.1) is 35.0 Å². The summed E-state index contributed by atoms with van der Waals surface area (Å²) in [4.78, 5) is 12.3. The molecule has 0 heterocycles. The maximum absolute atomic E-state index is 12.3. The highest BCUT2D eigenvalue weighted by Gasteiger charge is 2.59. The summed E-state index contributed by atoms with van der Waals surface area (Å²) in [6, 6.07) is 10.00. The number of fused-ring (bicyclic) bond motifs is 5. The van der Waals surface area contributed by atoms with Crippen molar-refractivity contribution in [2.75, 3.05) is 0 Å². The van der Waals surface area contributed by atoms with E-state index in [0.717, 1.165) is 41.6 Å². The largest absolute Gasteiger partial charge is 0.461 e. The molecule has 0 N–H and O–H groups in total. The fraction of sp³-hybridized carbons (Fsp3) is 0.759. The number of hydrogen-bond donors (Lipinski definition) is 1. The third-order valence-electron chi connectivity index (χ3n) is 10.4. The Hall–Kier alpha value is -0.960. The minimum atomic E-state index is -0.0371. The van der Waals surface area contributed by atoms with E-state index < -0.39 is 0 Å². The minimum Gasteiger partial charge on any atom is -0.461 e. The maximum Gasteiger partial charge on any atom is 0.306 e. The summed E-state index contributed by atoms with van der Waals surface area (Å²) >= 11 is 5.45. The van der Waals surface area contributed by atoms with Gasteiger partial charge in [0.2, 0.25) is 0 Å². The van der Waals surface area contributed by atoms with Crippen molar-refractivity contribution in [3.63, 3.8) is 0 Å². The Morgan fingerprint density at radius 2 is 1.84 bits per heavy atom. The van der Waals surface area contributed by atoms with Gasteiger partial charge in [0.15, 0.2) is 0 Å². The summed E-state index contributed by atoms with van der Waals surface area (Å²) < 4.78 is 5.85. The molecule has 7 atom stereocenters. The van der Waals surface area contributed by atoms with Crippen molar-refractivity contribution in [3.05, 3.63) is 35.9 Å². The topological polar surface area (TPSA) is 26.3 Å². The molecule has 32 heavy (non-hydrogen) atoms. The summed E-state index contributed by atoms with van der Waals surface area (Å²) in [7, 11) is 0. The zero-order valence-electron chi connectivity index (χ0n) is 19.9. The van der Waals surface area contributed by atoms with Crippen LogP contribution in [-0.2, 0) is 16.1 Å². The molecule has 0 spiro atoms. The number of ether oxygens (including phenoxy) is 1. The molecule has 2 nitrogen and oxygen atoms in total. The van der Waals surface area contributed by atoms with Crippen molar-refractivity contribution >= 4 is 18.6 Å². The van der Waals surface area contributed by atoms with Crippen LogP contribution in [0.1, 0.15) is 96.0 Å². The molecule has 0 saturated heterocycles. The van der Waals surface area contributed by atoms with E-state index in [0.29, 0.717) is 23.2 Å². The van der Waals surface area contributed by atoms with Crippen molar-refractivity contribution in [3.8, 4) is 0 Å². The lowest BCUT2D eigenvalue weighted by Crippen LogP contribution is -2.55. The number of esters is 1. The molecule has 0 amide bonds. The number of rotatable bonds is 6. The highest BCUT2D eigenvalue weighted by atomic mass is 32.1. The van der Waals surface area contributed by atoms with E-state index in [1.807, 2.05) is 30.3 Å². The van der Waals surface area contributed by atoms with Crippen LogP contribution < -0.4 is 0 Å². The van der Waals surface area contributed by atoms with Crippen LogP contribution in [0.5, 0.6) is 0 Å². The smallest absolute Gasteiger partial charge is 0.306 e. The Labute approximate surface area is 200 Å². The van der Waals surface area contributed by atoms with Gasteiger partial charge in [0.25, 0.3) is 0 Å². The van der Waals surface area contributed by atoms with Gasteiger partial charge in [0.05, 0.1) is 0 Å². The summed E-state index contributed by atoms with van der Waals surface area (Å²) in [5.74, 6) is 4.28. The zero-order chi connectivity index (χ0) is 22.2. The summed E-state index contributed by atoms with van der Waals surface area (Å²) in [5, 5.41) is 0. The minimum absolute atomic E-state index is 0.0371. The molecule has 4 fully saturated rings. The van der Waals surface area contributed by atoms with E-state index in [1.165, 1.54) is 70.6 Å². The van der Waals surface area contributed by atoms with Gasteiger partial charge < -0.3 is 4.74 Å². The molecule has 5 rings (SSSR count). The van der Waals surface area contributed by atoms with E-state index in [2.05, 4.69) is 6.92 Å². The normalized spacial score (nSPS) is 40.8. The molecule has 0 aliphatic heterocycles. The van der Waals surface area contributed by atoms with E-state index in [4.69, 9.17) is 17.4 Å². The predicted molar refractivity (Wildman–Crippen MR) is 134 cm³/mol. The summed E-state index contributed by atoms with van der Waals surface area (Å²) in [5.41, 5.74) is 1.55. The lowest BCUT2D eigenvalue weighted by Gasteiger charge is -2.60. The zero-order valence-corrected chi connectivity index (χ0v) is 20.8. The number of benzene rings is 1. The van der Waals surface area contributed by atoms with Gasteiger partial charge in [-0.05, 0) is 105 Å². The molecule has 1 aromatic rings. The van der Waals surface area contributed by atoms with Crippen LogP contribution in [0.4, 0.5) is 0 Å². The Morgan fingerprint density at radius 1 is 1.00 bits per heavy atom. The fourth-order valence-corrected chi connectivity index (χ4v) is 9.46. The van der Waals surface area contributed by atoms with E-state index in [9.17, 15) is 4.79 Å². The first-order valence-corrected chi connectivity index (χ1v) is 13.9. The second-order valence-electron chi connectivity index (χ2n) is 11.7. The van der Waals surface area contributed by atoms with Gasteiger partial charge >= 0.3 is 5.97 Å². The van der Waals surface area contributed by atoms with Crippen molar-refractivity contribution in [2.45, 2.75) is 102 Å². The van der Waals surface area contributed by atoms with Crippen molar-refractivity contribution in [1.82, 2.24) is 0 Å². The molecule has 3 heteroatoms. The number of carbonyl (C=O) groups is 1. The highest BCUT2D eigenvalue weighted by Crippen LogP contribution is 2.66. The quantitative estimate of drug-likeness (QED) is 0.353. The van der Waals surface area contributed by atoms with Gasteiger partial charge in [-0.1, -0.05) is 50.1 Å². The first-order chi connectivity index (χ1) is 15.5. The molecule has 4 aliphatic carbocycles. The molecule has 4 saturated carbocycles. The van der Waals surface area contributed by atoms with E-state index in [1.54, 1.807) is 0 Å². The fourth-order valence-electron chi connectivity index (χ4n) is 8.73. The lowest BCUT2D eigenvalue weighted by molar-refractivity contribution is -0.145.